The standard InChI is InChI=1S/C17H19ClN2OS/c1-2-22-12-15-11-21-17(19-15)16-4-3-9-20(16)10-13-5-7-14(18)8-6-13/h3-9,15H,2,10-12H2,1H3/t15-/m0/s1. The van der Waals surface area contributed by atoms with Gasteiger partial charge in [-0.05, 0) is 35.6 Å². The number of thioether (sulfide) groups is 1. The van der Waals surface area contributed by atoms with Gasteiger partial charge in [-0.25, -0.2) is 4.99 Å². The summed E-state index contributed by atoms with van der Waals surface area (Å²) in [6.45, 7) is 3.65. The van der Waals surface area contributed by atoms with Gasteiger partial charge >= 0.3 is 0 Å². The first-order valence-electron chi connectivity index (χ1n) is 7.44. The molecule has 3 nitrogen and oxygen atoms in total. The van der Waals surface area contributed by atoms with Crippen LogP contribution in [0.3, 0.4) is 0 Å². The quantitative estimate of drug-likeness (QED) is 0.795. The molecule has 0 saturated heterocycles. The van der Waals surface area contributed by atoms with Crippen molar-refractivity contribution in [1.29, 1.82) is 0 Å². The van der Waals surface area contributed by atoms with Gasteiger partial charge in [-0.3, -0.25) is 0 Å². The average Bonchev–Trinajstić information content (AvgIpc) is 3.16. The van der Waals surface area contributed by atoms with Gasteiger partial charge in [-0.15, -0.1) is 0 Å². The lowest BCUT2D eigenvalue weighted by Crippen LogP contribution is -2.11. The molecule has 0 fully saturated rings. The van der Waals surface area contributed by atoms with E-state index in [4.69, 9.17) is 21.3 Å². The first-order chi connectivity index (χ1) is 10.8. The summed E-state index contributed by atoms with van der Waals surface area (Å²) in [6.07, 6.45) is 2.06. The Hall–Kier alpha value is -1.39. The lowest BCUT2D eigenvalue weighted by molar-refractivity contribution is 0.323. The molecular formula is C17H19ClN2OS. The van der Waals surface area contributed by atoms with Crippen molar-refractivity contribution >= 4 is 29.3 Å². The highest BCUT2D eigenvalue weighted by atomic mass is 35.5. The summed E-state index contributed by atoms with van der Waals surface area (Å²) in [6, 6.07) is 12.3. The average molecular weight is 335 g/mol. The van der Waals surface area contributed by atoms with Gasteiger partial charge < -0.3 is 9.30 Å². The molecule has 0 aliphatic carbocycles. The van der Waals surface area contributed by atoms with Crippen LogP contribution < -0.4 is 0 Å². The zero-order valence-corrected chi connectivity index (χ0v) is 14.1. The van der Waals surface area contributed by atoms with E-state index < -0.39 is 0 Å². The van der Waals surface area contributed by atoms with E-state index in [2.05, 4.69) is 23.8 Å². The number of aliphatic imine (C=N–C) groups is 1. The van der Waals surface area contributed by atoms with Crippen LogP contribution in [-0.4, -0.2) is 34.6 Å². The molecular weight excluding hydrogens is 316 g/mol. The van der Waals surface area contributed by atoms with E-state index in [1.54, 1.807) is 0 Å². The SMILES string of the molecule is CCSC[C@@H]1COC(c2cccn2Cc2ccc(Cl)cc2)=N1. The van der Waals surface area contributed by atoms with Crippen LogP contribution in [0.25, 0.3) is 0 Å². The van der Waals surface area contributed by atoms with Crippen molar-refractivity contribution in [1.82, 2.24) is 4.57 Å². The van der Waals surface area contributed by atoms with Crippen molar-refractivity contribution in [3.8, 4) is 0 Å². The molecule has 116 valence electrons. The van der Waals surface area contributed by atoms with Gasteiger partial charge in [-0.2, -0.15) is 11.8 Å². The van der Waals surface area contributed by atoms with Crippen molar-refractivity contribution < 1.29 is 4.74 Å². The fourth-order valence-corrected chi connectivity index (χ4v) is 3.23. The van der Waals surface area contributed by atoms with Gasteiger partial charge in [0.15, 0.2) is 0 Å². The monoisotopic (exact) mass is 334 g/mol. The highest BCUT2D eigenvalue weighted by Crippen LogP contribution is 2.18. The molecule has 0 radical (unpaired) electrons. The first-order valence-corrected chi connectivity index (χ1v) is 8.98. The molecule has 22 heavy (non-hydrogen) atoms. The third-order valence-electron chi connectivity index (χ3n) is 3.54. The van der Waals surface area contributed by atoms with E-state index in [-0.39, 0.29) is 6.04 Å². The van der Waals surface area contributed by atoms with E-state index in [1.807, 2.05) is 42.1 Å². The van der Waals surface area contributed by atoms with Crippen LogP contribution in [0.2, 0.25) is 5.02 Å². The van der Waals surface area contributed by atoms with Gasteiger partial charge in [-0.1, -0.05) is 30.7 Å². The van der Waals surface area contributed by atoms with Crippen LogP contribution in [0.1, 0.15) is 18.2 Å². The molecule has 0 spiro atoms. The van der Waals surface area contributed by atoms with E-state index in [0.717, 1.165) is 34.7 Å². The Bertz CT molecular complexity index is 651. The molecule has 3 rings (SSSR count). The van der Waals surface area contributed by atoms with E-state index in [9.17, 15) is 0 Å². The Morgan fingerprint density at radius 3 is 2.91 bits per heavy atom. The van der Waals surface area contributed by atoms with Crippen LogP contribution in [0, 0.1) is 0 Å². The Morgan fingerprint density at radius 2 is 2.14 bits per heavy atom. The van der Waals surface area contributed by atoms with Crippen LogP contribution in [-0.2, 0) is 11.3 Å². The fourth-order valence-electron chi connectivity index (χ4n) is 2.43. The molecule has 2 heterocycles. The van der Waals surface area contributed by atoms with Gasteiger partial charge in [0.25, 0.3) is 0 Å². The summed E-state index contributed by atoms with van der Waals surface area (Å²) in [5.41, 5.74) is 2.25. The second-order valence-corrected chi connectivity index (χ2v) is 6.96. The Morgan fingerprint density at radius 1 is 1.32 bits per heavy atom. The highest BCUT2D eigenvalue weighted by molar-refractivity contribution is 7.99. The molecule has 5 heteroatoms. The molecule has 1 atom stereocenters. The molecule has 0 unspecified atom stereocenters. The minimum absolute atomic E-state index is 0.277. The smallest absolute Gasteiger partial charge is 0.233 e. The predicted octanol–water partition coefficient (Wildman–Crippen LogP) is 4.09. The molecule has 1 aliphatic rings. The summed E-state index contributed by atoms with van der Waals surface area (Å²) in [4.78, 5) is 4.72. The summed E-state index contributed by atoms with van der Waals surface area (Å²) < 4.78 is 7.96. The Balaban J connectivity index is 1.73. The molecule has 1 aromatic carbocycles. The number of aromatic nitrogens is 1. The summed E-state index contributed by atoms with van der Waals surface area (Å²) in [5, 5.41) is 0.760. The number of ether oxygens (including phenoxy) is 1. The second-order valence-electron chi connectivity index (χ2n) is 5.21. The van der Waals surface area contributed by atoms with E-state index in [1.165, 1.54) is 5.56 Å². The number of hydrogen-bond acceptors (Lipinski definition) is 3. The molecule has 1 aromatic heterocycles. The Kier molecular flexibility index (Phi) is 5.11. The molecule has 0 N–H and O–H groups in total. The number of benzene rings is 1. The molecule has 0 bridgehead atoms. The van der Waals surface area contributed by atoms with Gasteiger partial charge in [0.1, 0.15) is 12.3 Å². The van der Waals surface area contributed by atoms with Crippen LogP contribution in [0.15, 0.2) is 47.6 Å². The normalized spacial score (nSPS) is 17.4. The molecule has 2 aromatic rings. The van der Waals surface area contributed by atoms with Gasteiger partial charge in [0.2, 0.25) is 5.90 Å². The number of nitrogens with zero attached hydrogens (tertiary/aromatic N) is 2. The molecule has 0 saturated carbocycles. The summed E-state index contributed by atoms with van der Waals surface area (Å²) >= 11 is 7.84. The van der Waals surface area contributed by atoms with Crippen LogP contribution >= 0.6 is 23.4 Å². The van der Waals surface area contributed by atoms with Crippen LogP contribution in [0.5, 0.6) is 0 Å². The topological polar surface area (TPSA) is 26.5 Å². The highest BCUT2D eigenvalue weighted by Gasteiger charge is 2.21. The minimum atomic E-state index is 0.277. The predicted molar refractivity (Wildman–Crippen MR) is 94.3 cm³/mol. The summed E-state index contributed by atoms with van der Waals surface area (Å²) in [7, 11) is 0. The third-order valence-corrected chi connectivity index (χ3v) is 4.82. The lowest BCUT2D eigenvalue weighted by atomic mass is 10.2. The van der Waals surface area contributed by atoms with Crippen LogP contribution in [0.4, 0.5) is 0 Å². The Labute approximate surface area is 140 Å². The van der Waals surface area contributed by atoms with E-state index >= 15 is 0 Å². The van der Waals surface area contributed by atoms with Gasteiger partial charge in [0.05, 0.1) is 6.04 Å². The van der Waals surface area contributed by atoms with Crippen molar-refractivity contribution in [2.45, 2.75) is 19.5 Å². The lowest BCUT2D eigenvalue weighted by Gasteiger charge is -2.09. The first kappa shape index (κ1) is 15.5. The minimum Gasteiger partial charge on any atom is -0.474 e. The molecule has 1 aliphatic heterocycles. The zero-order chi connectivity index (χ0) is 15.4. The van der Waals surface area contributed by atoms with Crippen molar-refractivity contribution in [2.75, 3.05) is 18.1 Å². The fraction of sp³-hybridized carbons (Fsp3) is 0.353. The maximum atomic E-state index is 5.94. The number of hydrogen-bond donors (Lipinski definition) is 0. The number of rotatable bonds is 6. The van der Waals surface area contributed by atoms with E-state index in [0.29, 0.717) is 6.61 Å². The molecule has 0 amide bonds. The maximum absolute atomic E-state index is 5.94. The third kappa shape index (κ3) is 3.68. The largest absolute Gasteiger partial charge is 0.474 e. The zero-order valence-electron chi connectivity index (χ0n) is 12.5. The van der Waals surface area contributed by atoms with Gasteiger partial charge in [0, 0.05) is 23.5 Å². The second kappa shape index (κ2) is 7.25. The summed E-state index contributed by atoms with van der Waals surface area (Å²) in [5.74, 6) is 2.91. The van der Waals surface area contributed by atoms with Crippen molar-refractivity contribution in [3.63, 3.8) is 0 Å². The maximum Gasteiger partial charge on any atom is 0.233 e. The van der Waals surface area contributed by atoms with Crippen molar-refractivity contribution in [3.05, 3.63) is 58.9 Å². The van der Waals surface area contributed by atoms with Crippen molar-refractivity contribution in [2.24, 2.45) is 4.99 Å². The number of halogens is 1.